The Bertz CT molecular complexity index is 295. The van der Waals surface area contributed by atoms with Crippen LogP contribution < -0.4 is 5.32 Å². The zero-order valence-electron chi connectivity index (χ0n) is 10.9. The summed E-state index contributed by atoms with van der Waals surface area (Å²) < 4.78 is 10.5. The maximum atomic E-state index is 11.6. The number of rotatable bonds is 3. The van der Waals surface area contributed by atoms with Gasteiger partial charge in [0.1, 0.15) is 11.7 Å². The molecule has 1 amide bonds. The molecule has 98 valence electrons. The molecule has 1 aliphatic rings. The number of hydrogen-bond acceptors (Lipinski definition) is 4. The van der Waals surface area contributed by atoms with E-state index in [0.29, 0.717) is 19.4 Å². The highest BCUT2D eigenvalue weighted by Crippen LogP contribution is 2.16. The quantitative estimate of drug-likeness (QED) is 0.818. The van der Waals surface area contributed by atoms with Crippen LogP contribution in [0.1, 0.15) is 40.5 Å². The zero-order chi connectivity index (χ0) is 13.1. The van der Waals surface area contributed by atoms with Crippen LogP contribution in [-0.4, -0.2) is 36.2 Å². The minimum absolute atomic E-state index is 0.0172. The van der Waals surface area contributed by atoms with E-state index < -0.39 is 17.8 Å². The van der Waals surface area contributed by atoms with Gasteiger partial charge in [-0.25, -0.2) is 4.79 Å². The van der Waals surface area contributed by atoms with Crippen molar-refractivity contribution in [2.45, 2.75) is 58.3 Å². The summed E-state index contributed by atoms with van der Waals surface area (Å²) in [7, 11) is 0. The lowest BCUT2D eigenvalue weighted by Gasteiger charge is -2.23. The van der Waals surface area contributed by atoms with Crippen LogP contribution in [0, 0.1) is 0 Å². The summed E-state index contributed by atoms with van der Waals surface area (Å²) in [6, 6.07) is -0.266. The van der Waals surface area contributed by atoms with Gasteiger partial charge in [-0.1, -0.05) is 6.92 Å². The number of carbonyl (C=O) groups excluding carboxylic acids is 2. The molecule has 1 rings (SSSR count). The van der Waals surface area contributed by atoms with Gasteiger partial charge in [-0.05, 0) is 27.2 Å². The molecule has 1 N–H and O–H groups in total. The molecule has 1 saturated heterocycles. The number of nitrogens with one attached hydrogen (secondary N) is 1. The van der Waals surface area contributed by atoms with Crippen LogP contribution in [0.5, 0.6) is 0 Å². The Kier molecular flexibility index (Phi) is 4.51. The van der Waals surface area contributed by atoms with E-state index in [4.69, 9.17) is 9.47 Å². The number of carbonyl (C=O) groups is 2. The molecule has 2 atom stereocenters. The maximum Gasteiger partial charge on any atom is 0.407 e. The van der Waals surface area contributed by atoms with Crippen LogP contribution in [0.4, 0.5) is 4.79 Å². The van der Waals surface area contributed by atoms with Gasteiger partial charge in [0.25, 0.3) is 0 Å². The summed E-state index contributed by atoms with van der Waals surface area (Å²) in [4.78, 5) is 23.1. The van der Waals surface area contributed by atoms with Gasteiger partial charge in [-0.3, -0.25) is 4.79 Å². The zero-order valence-corrected chi connectivity index (χ0v) is 10.9. The smallest absolute Gasteiger partial charge is 0.407 e. The fraction of sp³-hybridized carbons (Fsp3) is 0.833. The third-order valence-electron chi connectivity index (χ3n) is 2.46. The van der Waals surface area contributed by atoms with Crippen LogP contribution in [-0.2, 0) is 14.3 Å². The molecular weight excluding hydrogens is 222 g/mol. The van der Waals surface area contributed by atoms with Gasteiger partial charge < -0.3 is 14.8 Å². The van der Waals surface area contributed by atoms with Crippen molar-refractivity contribution < 1.29 is 19.1 Å². The van der Waals surface area contributed by atoms with Crippen molar-refractivity contribution >= 4 is 11.9 Å². The minimum Gasteiger partial charge on any atom is -0.444 e. The lowest BCUT2D eigenvalue weighted by molar-refractivity contribution is -0.128. The second-order valence-corrected chi connectivity index (χ2v) is 5.15. The highest BCUT2D eigenvalue weighted by molar-refractivity contribution is 5.84. The standard InChI is InChI=1S/C12H21NO4/c1-5-9(14)10-8(6-7-16-10)13-11(15)17-12(2,3)4/h8,10H,5-7H2,1-4H3,(H,13,15). The Morgan fingerprint density at radius 1 is 1.41 bits per heavy atom. The van der Waals surface area contributed by atoms with Crippen molar-refractivity contribution in [3.63, 3.8) is 0 Å². The molecule has 0 aromatic carbocycles. The van der Waals surface area contributed by atoms with Gasteiger partial charge in [0.15, 0.2) is 5.78 Å². The van der Waals surface area contributed by atoms with Gasteiger partial charge in [-0.2, -0.15) is 0 Å². The van der Waals surface area contributed by atoms with Crippen LogP contribution >= 0.6 is 0 Å². The Morgan fingerprint density at radius 3 is 2.59 bits per heavy atom. The lowest BCUT2D eigenvalue weighted by atomic mass is 10.1. The average molecular weight is 243 g/mol. The Labute approximate surface area is 102 Å². The second-order valence-electron chi connectivity index (χ2n) is 5.15. The fourth-order valence-corrected chi connectivity index (χ4v) is 1.71. The van der Waals surface area contributed by atoms with E-state index in [0.717, 1.165) is 0 Å². The first kappa shape index (κ1) is 14.0. The van der Waals surface area contributed by atoms with Crippen LogP contribution in [0.3, 0.4) is 0 Å². The molecule has 0 radical (unpaired) electrons. The number of amides is 1. The Balaban J connectivity index is 2.50. The van der Waals surface area contributed by atoms with Crippen molar-refractivity contribution in [3.8, 4) is 0 Å². The average Bonchev–Trinajstić information content (AvgIpc) is 2.61. The lowest BCUT2D eigenvalue weighted by Crippen LogP contribution is -2.45. The van der Waals surface area contributed by atoms with Crippen molar-refractivity contribution in [2.24, 2.45) is 0 Å². The van der Waals surface area contributed by atoms with Crippen molar-refractivity contribution in [1.29, 1.82) is 0 Å². The molecule has 0 saturated carbocycles. The summed E-state index contributed by atoms with van der Waals surface area (Å²) in [5.74, 6) is 0.0172. The van der Waals surface area contributed by atoms with Crippen molar-refractivity contribution in [1.82, 2.24) is 5.32 Å². The third kappa shape index (κ3) is 4.34. The first-order valence-electron chi connectivity index (χ1n) is 5.97. The Hall–Kier alpha value is -1.10. The molecule has 1 fully saturated rings. The van der Waals surface area contributed by atoms with Gasteiger partial charge in [0, 0.05) is 13.0 Å². The molecule has 2 unspecified atom stereocenters. The van der Waals surface area contributed by atoms with Gasteiger partial charge >= 0.3 is 6.09 Å². The van der Waals surface area contributed by atoms with Crippen molar-refractivity contribution in [3.05, 3.63) is 0 Å². The molecule has 0 bridgehead atoms. The second kappa shape index (κ2) is 5.49. The monoisotopic (exact) mass is 243 g/mol. The summed E-state index contributed by atoms with van der Waals surface area (Å²) >= 11 is 0. The van der Waals surface area contributed by atoms with Crippen LogP contribution in [0.2, 0.25) is 0 Å². The molecule has 0 aromatic heterocycles. The topological polar surface area (TPSA) is 64.6 Å². The molecule has 1 aliphatic heterocycles. The number of ketones is 1. The van der Waals surface area contributed by atoms with E-state index in [2.05, 4.69) is 5.32 Å². The third-order valence-corrected chi connectivity index (χ3v) is 2.46. The van der Waals surface area contributed by atoms with Gasteiger partial charge in [0.05, 0.1) is 6.04 Å². The van der Waals surface area contributed by atoms with E-state index in [-0.39, 0.29) is 11.8 Å². The highest BCUT2D eigenvalue weighted by Gasteiger charge is 2.34. The number of Topliss-reactive ketones (excluding diaryl/α,β-unsaturated/α-hetero) is 1. The summed E-state index contributed by atoms with van der Waals surface area (Å²) in [5.41, 5.74) is -0.534. The largest absolute Gasteiger partial charge is 0.444 e. The Morgan fingerprint density at radius 2 is 2.06 bits per heavy atom. The summed E-state index contributed by atoms with van der Waals surface area (Å²) in [5, 5.41) is 2.69. The van der Waals surface area contributed by atoms with Crippen molar-refractivity contribution in [2.75, 3.05) is 6.61 Å². The molecule has 0 aliphatic carbocycles. The van der Waals surface area contributed by atoms with E-state index in [1.807, 2.05) is 0 Å². The predicted molar refractivity (Wildman–Crippen MR) is 62.8 cm³/mol. The highest BCUT2D eigenvalue weighted by atomic mass is 16.6. The van der Waals surface area contributed by atoms with Crippen LogP contribution in [0.15, 0.2) is 0 Å². The van der Waals surface area contributed by atoms with E-state index in [9.17, 15) is 9.59 Å². The summed E-state index contributed by atoms with van der Waals surface area (Å²) in [6.07, 6.45) is 0.0433. The fourth-order valence-electron chi connectivity index (χ4n) is 1.71. The molecule has 0 spiro atoms. The molecule has 5 nitrogen and oxygen atoms in total. The first-order chi connectivity index (χ1) is 7.83. The number of alkyl carbamates (subject to hydrolysis) is 1. The minimum atomic E-state index is -0.534. The van der Waals surface area contributed by atoms with Gasteiger partial charge in [0.2, 0.25) is 0 Å². The number of hydrogen-bond donors (Lipinski definition) is 1. The molecule has 0 aromatic rings. The van der Waals surface area contributed by atoms with E-state index in [1.54, 1.807) is 27.7 Å². The molecular formula is C12H21NO4. The number of ether oxygens (including phenoxy) is 2. The molecule has 17 heavy (non-hydrogen) atoms. The SMILES string of the molecule is CCC(=O)C1OCCC1NC(=O)OC(C)(C)C. The normalized spacial score (nSPS) is 24.5. The van der Waals surface area contributed by atoms with Crippen LogP contribution in [0.25, 0.3) is 0 Å². The maximum absolute atomic E-state index is 11.6. The first-order valence-corrected chi connectivity index (χ1v) is 5.97. The molecule has 1 heterocycles. The predicted octanol–water partition coefficient (Wildman–Crippen LogP) is 1.65. The van der Waals surface area contributed by atoms with E-state index >= 15 is 0 Å². The van der Waals surface area contributed by atoms with Gasteiger partial charge in [-0.15, -0.1) is 0 Å². The molecule has 5 heteroatoms. The summed E-state index contributed by atoms with van der Waals surface area (Å²) in [6.45, 7) is 7.68. The van der Waals surface area contributed by atoms with E-state index in [1.165, 1.54) is 0 Å².